The Morgan fingerprint density at radius 2 is 1.64 bits per heavy atom. The average Bonchev–Trinajstić information content (AvgIpc) is 2.72. The SMILES string of the molecule is CC(C)(C)OC(=O)N[C@H](Cc1ccccc1)C(=O)NC(=C\c1ccc(O)cc1)/C=C/C(=O)O. The van der Waals surface area contributed by atoms with Crippen LogP contribution in [0.4, 0.5) is 4.79 Å². The number of carbonyl (C=O) groups excluding carboxylic acids is 2. The maximum Gasteiger partial charge on any atom is 0.408 e. The summed E-state index contributed by atoms with van der Waals surface area (Å²) in [7, 11) is 0. The Bertz CT molecular complexity index is 1020. The molecule has 0 aliphatic rings. The van der Waals surface area contributed by atoms with Gasteiger partial charge in [0.15, 0.2) is 0 Å². The third-order valence-corrected chi connectivity index (χ3v) is 4.18. The van der Waals surface area contributed by atoms with Crippen molar-refractivity contribution in [1.82, 2.24) is 10.6 Å². The highest BCUT2D eigenvalue weighted by atomic mass is 16.6. The Hall–Kier alpha value is -4.07. The quantitative estimate of drug-likeness (QED) is 0.358. The van der Waals surface area contributed by atoms with E-state index >= 15 is 0 Å². The van der Waals surface area contributed by atoms with Crippen molar-refractivity contribution in [2.45, 2.75) is 38.8 Å². The third-order valence-electron chi connectivity index (χ3n) is 4.18. The minimum absolute atomic E-state index is 0.0725. The Kier molecular flexibility index (Phi) is 8.80. The van der Waals surface area contributed by atoms with Crippen molar-refractivity contribution in [1.29, 1.82) is 0 Å². The monoisotopic (exact) mass is 452 g/mol. The molecule has 0 radical (unpaired) electrons. The molecule has 2 rings (SSSR count). The smallest absolute Gasteiger partial charge is 0.408 e. The number of alkyl carbamates (subject to hydrolysis) is 1. The van der Waals surface area contributed by atoms with Crippen LogP contribution < -0.4 is 10.6 Å². The first-order valence-electron chi connectivity index (χ1n) is 10.3. The van der Waals surface area contributed by atoms with E-state index in [0.717, 1.165) is 11.6 Å². The molecule has 33 heavy (non-hydrogen) atoms. The Morgan fingerprint density at radius 1 is 1.00 bits per heavy atom. The number of phenols is 1. The summed E-state index contributed by atoms with van der Waals surface area (Å²) in [4.78, 5) is 36.5. The van der Waals surface area contributed by atoms with Gasteiger partial charge in [-0.3, -0.25) is 4.79 Å². The third kappa shape index (κ3) is 9.73. The number of rotatable bonds is 8. The van der Waals surface area contributed by atoms with Gasteiger partial charge in [0.1, 0.15) is 17.4 Å². The number of amides is 2. The van der Waals surface area contributed by atoms with Gasteiger partial charge in [0, 0.05) is 18.2 Å². The largest absolute Gasteiger partial charge is 0.508 e. The maximum atomic E-state index is 13.1. The number of nitrogens with one attached hydrogen (secondary N) is 2. The van der Waals surface area contributed by atoms with Gasteiger partial charge in [0.05, 0.1) is 0 Å². The van der Waals surface area contributed by atoms with Crippen LogP contribution in [-0.2, 0) is 20.7 Å². The van der Waals surface area contributed by atoms with Crippen LogP contribution in [0.2, 0.25) is 0 Å². The van der Waals surface area contributed by atoms with Gasteiger partial charge >= 0.3 is 12.1 Å². The van der Waals surface area contributed by atoms with Crippen molar-refractivity contribution in [2.75, 3.05) is 0 Å². The zero-order chi connectivity index (χ0) is 24.4. The molecule has 174 valence electrons. The van der Waals surface area contributed by atoms with Crippen molar-refractivity contribution >= 4 is 24.0 Å². The number of carbonyl (C=O) groups is 3. The molecule has 0 aliphatic heterocycles. The van der Waals surface area contributed by atoms with E-state index < -0.39 is 29.6 Å². The molecule has 0 spiro atoms. The second kappa shape index (κ2) is 11.5. The van der Waals surface area contributed by atoms with Crippen LogP contribution in [0.15, 0.2) is 72.4 Å². The van der Waals surface area contributed by atoms with E-state index in [2.05, 4.69) is 10.6 Å². The van der Waals surface area contributed by atoms with Crippen molar-refractivity contribution < 1.29 is 29.3 Å². The second-order valence-corrected chi connectivity index (χ2v) is 8.24. The number of phenolic OH excluding ortho intramolecular Hbond substituents is 1. The summed E-state index contributed by atoms with van der Waals surface area (Å²) in [6.45, 7) is 5.15. The normalized spacial score (nSPS) is 12.8. The molecule has 0 unspecified atom stereocenters. The van der Waals surface area contributed by atoms with Gasteiger partial charge in [0.25, 0.3) is 0 Å². The van der Waals surface area contributed by atoms with E-state index in [1.807, 2.05) is 30.3 Å². The fourth-order valence-electron chi connectivity index (χ4n) is 2.78. The summed E-state index contributed by atoms with van der Waals surface area (Å²) in [5.74, 6) is -1.67. The average molecular weight is 453 g/mol. The number of allylic oxidation sites excluding steroid dienone is 1. The number of carboxylic acid groups (broad SMARTS) is 1. The highest BCUT2D eigenvalue weighted by molar-refractivity contribution is 5.89. The van der Waals surface area contributed by atoms with Gasteiger partial charge in [-0.2, -0.15) is 0 Å². The zero-order valence-electron chi connectivity index (χ0n) is 18.7. The lowest BCUT2D eigenvalue weighted by molar-refractivity contribution is -0.131. The lowest BCUT2D eigenvalue weighted by Crippen LogP contribution is -2.49. The van der Waals surface area contributed by atoms with Crippen molar-refractivity contribution in [3.63, 3.8) is 0 Å². The number of benzene rings is 2. The molecular weight excluding hydrogens is 424 g/mol. The Morgan fingerprint density at radius 3 is 2.21 bits per heavy atom. The molecule has 0 saturated carbocycles. The van der Waals surface area contributed by atoms with Crippen molar-refractivity contribution in [2.24, 2.45) is 0 Å². The van der Waals surface area contributed by atoms with E-state index in [9.17, 15) is 19.5 Å². The molecule has 0 saturated heterocycles. The Balaban J connectivity index is 2.28. The molecule has 0 fully saturated rings. The van der Waals surface area contributed by atoms with Gasteiger partial charge in [-0.15, -0.1) is 0 Å². The van der Waals surface area contributed by atoms with Gasteiger partial charge in [0.2, 0.25) is 5.91 Å². The lowest BCUT2D eigenvalue weighted by atomic mass is 10.1. The van der Waals surface area contributed by atoms with Gasteiger partial charge in [-0.05, 0) is 56.2 Å². The van der Waals surface area contributed by atoms with Gasteiger partial charge in [-0.25, -0.2) is 9.59 Å². The zero-order valence-corrected chi connectivity index (χ0v) is 18.7. The molecule has 2 aromatic carbocycles. The summed E-state index contributed by atoms with van der Waals surface area (Å²) in [5, 5.41) is 23.7. The first kappa shape index (κ1) is 25.2. The van der Waals surface area contributed by atoms with Crippen LogP contribution in [0.3, 0.4) is 0 Å². The fourth-order valence-corrected chi connectivity index (χ4v) is 2.78. The second-order valence-electron chi connectivity index (χ2n) is 8.24. The molecule has 1 atom stereocenters. The molecule has 0 heterocycles. The minimum atomic E-state index is -1.19. The van der Waals surface area contributed by atoms with E-state index in [4.69, 9.17) is 9.84 Å². The number of hydrogen-bond donors (Lipinski definition) is 4. The van der Waals surface area contributed by atoms with Crippen LogP contribution in [0.5, 0.6) is 5.75 Å². The summed E-state index contributed by atoms with van der Waals surface area (Å²) in [6, 6.07) is 14.3. The molecule has 8 nitrogen and oxygen atoms in total. The minimum Gasteiger partial charge on any atom is -0.508 e. The van der Waals surface area contributed by atoms with E-state index in [0.29, 0.717) is 5.56 Å². The van der Waals surface area contributed by atoms with Gasteiger partial charge < -0.3 is 25.6 Å². The molecule has 0 aliphatic carbocycles. The molecule has 2 aromatic rings. The lowest BCUT2D eigenvalue weighted by Gasteiger charge is -2.23. The number of ether oxygens (including phenoxy) is 1. The fraction of sp³-hybridized carbons (Fsp3) is 0.240. The predicted octanol–water partition coefficient (Wildman–Crippen LogP) is 3.63. The van der Waals surface area contributed by atoms with E-state index in [-0.39, 0.29) is 17.9 Å². The standard InChI is InChI=1S/C25H28N2O6/c1-25(2,3)33-24(32)27-21(16-17-7-5-4-6-8-17)23(31)26-19(11-14-22(29)30)15-18-9-12-20(28)13-10-18/h4-15,21,28H,16H2,1-3H3,(H,26,31)(H,27,32)(H,29,30)/b14-11+,19-15-/t21-/m1/s1. The first-order chi connectivity index (χ1) is 15.5. The van der Waals surface area contributed by atoms with E-state index in [1.165, 1.54) is 18.2 Å². The Labute approximate surface area is 192 Å². The molecular formula is C25H28N2O6. The molecule has 4 N–H and O–H groups in total. The number of aliphatic carboxylic acids is 1. The van der Waals surface area contributed by atoms with Crippen LogP contribution in [0.1, 0.15) is 31.9 Å². The summed E-state index contributed by atoms with van der Waals surface area (Å²) in [6.07, 6.45) is 3.12. The van der Waals surface area contributed by atoms with E-state index in [1.54, 1.807) is 39.0 Å². The van der Waals surface area contributed by atoms with Crippen molar-refractivity contribution in [3.05, 3.63) is 83.6 Å². The van der Waals surface area contributed by atoms with Crippen LogP contribution in [-0.4, -0.2) is 39.8 Å². The molecule has 0 bridgehead atoms. The highest BCUT2D eigenvalue weighted by Gasteiger charge is 2.25. The van der Waals surface area contributed by atoms with Crippen molar-refractivity contribution in [3.8, 4) is 5.75 Å². The maximum absolute atomic E-state index is 13.1. The van der Waals surface area contributed by atoms with Crippen LogP contribution in [0.25, 0.3) is 6.08 Å². The number of aromatic hydroxyl groups is 1. The molecule has 2 amide bonds. The number of carboxylic acids is 1. The summed E-state index contributed by atoms with van der Waals surface area (Å²) >= 11 is 0. The highest BCUT2D eigenvalue weighted by Crippen LogP contribution is 2.14. The topological polar surface area (TPSA) is 125 Å². The number of hydrogen-bond acceptors (Lipinski definition) is 5. The molecule has 8 heteroatoms. The summed E-state index contributed by atoms with van der Waals surface area (Å²) in [5.41, 5.74) is 0.889. The van der Waals surface area contributed by atoms with Gasteiger partial charge in [-0.1, -0.05) is 42.5 Å². The molecule has 0 aromatic heterocycles. The summed E-state index contributed by atoms with van der Waals surface area (Å²) < 4.78 is 5.29. The van der Waals surface area contributed by atoms with Crippen LogP contribution in [0, 0.1) is 0 Å². The first-order valence-corrected chi connectivity index (χ1v) is 10.3. The van der Waals surface area contributed by atoms with Crippen LogP contribution >= 0.6 is 0 Å². The predicted molar refractivity (Wildman–Crippen MR) is 124 cm³/mol.